The fourth-order valence-electron chi connectivity index (χ4n) is 3.41. The number of carbonyl (C=O) groups is 1. The predicted molar refractivity (Wildman–Crippen MR) is 85.8 cm³/mol. The zero-order valence-corrected chi connectivity index (χ0v) is 13.3. The zero-order valence-electron chi connectivity index (χ0n) is 13.3. The minimum absolute atomic E-state index is 0.0596. The standard InChI is InChI=1S/C19H24O3/c1-13(2)15-5-7-17(8-6-15)21-9-10-22-19(20)18-12-14-3-4-16(18)11-14/h3-8,13-14,16,18H,9-12H2,1-2H3. The molecule has 1 aromatic rings. The number of esters is 1. The highest BCUT2D eigenvalue weighted by Crippen LogP contribution is 2.43. The molecule has 0 N–H and O–H groups in total. The van der Waals surface area contributed by atoms with Gasteiger partial charge in [0.05, 0.1) is 5.92 Å². The van der Waals surface area contributed by atoms with Gasteiger partial charge >= 0.3 is 5.97 Å². The van der Waals surface area contributed by atoms with Crippen LogP contribution in [0.5, 0.6) is 5.75 Å². The number of hydrogen-bond donors (Lipinski definition) is 0. The van der Waals surface area contributed by atoms with Crippen LogP contribution in [0.15, 0.2) is 36.4 Å². The SMILES string of the molecule is CC(C)c1ccc(OCCOC(=O)C2CC3C=CC2C3)cc1. The third-order valence-corrected chi connectivity index (χ3v) is 4.72. The van der Waals surface area contributed by atoms with E-state index in [4.69, 9.17) is 9.47 Å². The van der Waals surface area contributed by atoms with Crippen molar-refractivity contribution in [2.75, 3.05) is 13.2 Å². The Bertz CT molecular complexity index is 544. The largest absolute Gasteiger partial charge is 0.490 e. The molecule has 0 aromatic heterocycles. The quantitative estimate of drug-likeness (QED) is 0.453. The Morgan fingerprint density at radius 2 is 1.91 bits per heavy atom. The summed E-state index contributed by atoms with van der Waals surface area (Å²) in [5.41, 5.74) is 1.29. The molecule has 118 valence electrons. The first kappa shape index (κ1) is 15.1. The second kappa shape index (κ2) is 6.55. The van der Waals surface area contributed by atoms with E-state index in [1.807, 2.05) is 12.1 Å². The van der Waals surface area contributed by atoms with Crippen LogP contribution in [0.1, 0.15) is 38.2 Å². The van der Waals surface area contributed by atoms with Gasteiger partial charge in [0.1, 0.15) is 19.0 Å². The molecule has 2 bridgehead atoms. The van der Waals surface area contributed by atoms with E-state index in [9.17, 15) is 4.79 Å². The normalized spacial score (nSPS) is 25.7. The Morgan fingerprint density at radius 1 is 1.14 bits per heavy atom. The van der Waals surface area contributed by atoms with Crippen molar-refractivity contribution in [1.29, 1.82) is 0 Å². The van der Waals surface area contributed by atoms with Crippen LogP contribution in [0.2, 0.25) is 0 Å². The van der Waals surface area contributed by atoms with E-state index in [1.165, 1.54) is 5.56 Å². The number of hydrogen-bond acceptors (Lipinski definition) is 3. The summed E-state index contributed by atoms with van der Waals surface area (Å²) in [5.74, 6) is 2.35. The Balaban J connectivity index is 1.38. The second-order valence-corrected chi connectivity index (χ2v) is 6.63. The molecule has 0 heterocycles. The zero-order chi connectivity index (χ0) is 15.5. The van der Waals surface area contributed by atoms with Gasteiger partial charge in [0, 0.05) is 0 Å². The fraction of sp³-hybridized carbons (Fsp3) is 0.526. The second-order valence-electron chi connectivity index (χ2n) is 6.63. The molecule has 22 heavy (non-hydrogen) atoms. The van der Waals surface area contributed by atoms with Crippen molar-refractivity contribution in [2.24, 2.45) is 17.8 Å². The van der Waals surface area contributed by atoms with E-state index >= 15 is 0 Å². The lowest BCUT2D eigenvalue weighted by Crippen LogP contribution is -2.23. The number of ether oxygens (including phenoxy) is 2. The van der Waals surface area contributed by atoms with Crippen LogP contribution in [0.25, 0.3) is 0 Å². The lowest BCUT2D eigenvalue weighted by atomic mass is 9.94. The summed E-state index contributed by atoms with van der Waals surface area (Å²) >= 11 is 0. The molecule has 3 heteroatoms. The molecule has 3 unspecified atom stereocenters. The van der Waals surface area contributed by atoms with Gasteiger partial charge in [-0.05, 0) is 48.3 Å². The molecule has 0 amide bonds. The first-order valence-corrected chi connectivity index (χ1v) is 8.21. The summed E-state index contributed by atoms with van der Waals surface area (Å²) in [4.78, 5) is 12.1. The van der Waals surface area contributed by atoms with E-state index in [0.717, 1.165) is 18.6 Å². The molecule has 0 saturated heterocycles. The van der Waals surface area contributed by atoms with Crippen LogP contribution < -0.4 is 4.74 Å². The fourth-order valence-corrected chi connectivity index (χ4v) is 3.41. The lowest BCUT2D eigenvalue weighted by molar-refractivity contribution is -0.150. The number of rotatable bonds is 6. The highest BCUT2D eigenvalue weighted by molar-refractivity contribution is 5.74. The van der Waals surface area contributed by atoms with Gasteiger partial charge in [0.25, 0.3) is 0 Å². The molecule has 3 nitrogen and oxygen atoms in total. The number of fused-ring (bicyclic) bond motifs is 2. The van der Waals surface area contributed by atoms with Gasteiger partial charge in [-0.2, -0.15) is 0 Å². The maximum atomic E-state index is 12.1. The van der Waals surface area contributed by atoms with Gasteiger partial charge in [-0.3, -0.25) is 4.79 Å². The maximum absolute atomic E-state index is 12.1. The summed E-state index contributed by atoms with van der Waals surface area (Å²) in [5, 5.41) is 0. The summed E-state index contributed by atoms with van der Waals surface area (Å²) in [6.45, 7) is 5.06. The third kappa shape index (κ3) is 3.34. The summed E-state index contributed by atoms with van der Waals surface area (Å²) < 4.78 is 11.0. The van der Waals surface area contributed by atoms with Gasteiger partial charge in [-0.25, -0.2) is 0 Å². The van der Waals surface area contributed by atoms with Crippen LogP contribution in [0, 0.1) is 17.8 Å². The van der Waals surface area contributed by atoms with Gasteiger partial charge in [0.15, 0.2) is 0 Å². The molecule has 1 saturated carbocycles. The molecule has 1 fully saturated rings. The smallest absolute Gasteiger partial charge is 0.309 e. The van der Waals surface area contributed by atoms with Gasteiger partial charge in [0.2, 0.25) is 0 Å². The topological polar surface area (TPSA) is 35.5 Å². The average Bonchev–Trinajstić information content (AvgIpc) is 3.14. The highest BCUT2D eigenvalue weighted by Gasteiger charge is 2.40. The van der Waals surface area contributed by atoms with Crippen LogP contribution in [-0.2, 0) is 9.53 Å². The Hall–Kier alpha value is -1.77. The Morgan fingerprint density at radius 3 is 2.50 bits per heavy atom. The minimum Gasteiger partial charge on any atom is -0.490 e. The molecule has 3 atom stereocenters. The maximum Gasteiger partial charge on any atom is 0.309 e. The van der Waals surface area contributed by atoms with Crippen molar-refractivity contribution >= 4 is 5.97 Å². The third-order valence-electron chi connectivity index (χ3n) is 4.72. The lowest BCUT2D eigenvalue weighted by Gasteiger charge is -2.16. The highest BCUT2D eigenvalue weighted by atomic mass is 16.6. The summed E-state index contributed by atoms with van der Waals surface area (Å²) in [6.07, 6.45) is 6.49. The molecular weight excluding hydrogens is 276 g/mol. The van der Waals surface area contributed by atoms with Crippen molar-refractivity contribution in [3.8, 4) is 5.75 Å². The Labute approximate surface area is 132 Å². The molecule has 1 aromatic carbocycles. The van der Waals surface area contributed by atoms with E-state index in [0.29, 0.717) is 31.0 Å². The molecule has 2 aliphatic carbocycles. The van der Waals surface area contributed by atoms with E-state index < -0.39 is 0 Å². The van der Waals surface area contributed by atoms with Crippen LogP contribution >= 0.6 is 0 Å². The van der Waals surface area contributed by atoms with Crippen molar-refractivity contribution in [2.45, 2.75) is 32.6 Å². The average molecular weight is 300 g/mol. The van der Waals surface area contributed by atoms with Crippen molar-refractivity contribution in [3.63, 3.8) is 0 Å². The number of carbonyl (C=O) groups excluding carboxylic acids is 1. The van der Waals surface area contributed by atoms with E-state index in [1.54, 1.807) is 0 Å². The van der Waals surface area contributed by atoms with Crippen LogP contribution in [0.3, 0.4) is 0 Å². The Kier molecular flexibility index (Phi) is 4.51. The molecule has 3 rings (SSSR count). The first-order chi connectivity index (χ1) is 10.6. The summed E-state index contributed by atoms with van der Waals surface area (Å²) in [6, 6.07) is 8.09. The van der Waals surface area contributed by atoms with Gasteiger partial charge < -0.3 is 9.47 Å². The van der Waals surface area contributed by atoms with Crippen molar-refractivity contribution in [1.82, 2.24) is 0 Å². The van der Waals surface area contributed by atoms with Gasteiger partial charge in [-0.15, -0.1) is 0 Å². The van der Waals surface area contributed by atoms with Crippen molar-refractivity contribution in [3.05, 3.63) is 42.0 Å². The minimum atomic E-state index is -0.0596. The number of benzene rings is 1. The van der Waals surface area contributed by atoms with E-state index in [2.05, 4.69) is 38.1 Å². The van der Waals surface area contributed by atoms with Crippen LogP contribution in [-0.4, -0.2) is 19.2 Å². The molecule has 0 aliphatic heterocycles. The molecular formula is C19H24O3. The molecule has 2 aliphatic rings. The summed E-state index contributed by atoms with van der Waals surface area (Å²) in [7, 11) is 0. The first-order valence-electron chi connectivity index (χ1n) is 8.21. The molecule has 0 radical (unpaired) electrons. The van der Waals surface area contributed by atoms with Gasteiger partial charge in [-0.1, -0.05) is 38.1 Å². The monoisotopic (exact) mass is 300 g/mol. The predicted octanol–water partition coefficient (Wildman–Crippen LogP) is 3.94. The van der Waals surface area contributed by atoms with E-state index in [-0.39, 0.29) is 11.9 Å². The number of allylic oxidation sites excluding steroid dienone is 2. The van der Waals surface area contributed by atoms with Crippen molar-refractivity contribution < 1.29 is 14.3 Å². The molecule has 0 spiro atoms. The van der Waals surface area contributed by atoms with Crippen LogP contribution in [0.4, 0.5) is 0 Å².